The minimum atomic E-state index is -0.0776. The van der Waals surface area contributed by atoms with E-state index in [0.717, 1.165) is 35.0 Å². The highest BCUT2D eigenvalue weighted by molar-refractivity contribution is 7.22. The molecule has 0 atom stereocenters. The maximum absolute atomic E-state index is 13.5. The van der Waals surface area contributed by atoms with E-state index in [-0.39, 0.29) is 25.1 Å². The van der Waals surface area contributed by atoms with E-state index in [1.54, 1.807) is 34.4 Å². The van der Waals surface area contributed by atoms with Gasteiger partial charge >= 0.3 is 0 Å². The molecule has 1 amide bonds. The molecule has 0 radical (unpaired) electrons. The Morgan fingerprint density at radius 2 is 1.83 bits per heavy atom. The van der Waals surface area contributed by atoms with Crippen molar-refractivity contribution in [3.63, 3.8) is 0 Å². The van der Waals surface area contributed by atoms with Crippen molar-refractivity contribution in [1.29, 1.82) is 0 Å². The van der Waals surface area contributed by atoms with Gasteiger partial charge in [0.05, 0.1) is 10.2 Å². The number of likely N-dealkylation sites (N-methyl/N-ethyl adjacent to an activating group) is 1. The SMILES string of the molecule is CCN(CC)CCN(C(=O)c1ccc2c(c1)OCO2)c1nc2ccc(C)cc2s1.Cl. The van der Waals surface area contributed by atoms with Gasteiger partial charge in [-0.2, -0.15) is 0 Å². The van der Waals surface area contributed by atoms with Gasteiger partial charge in [-0.3, -0.25) is 9.69 Å². The molecule has 6 nitrogen and oxygen atoms in total. The minimum Gasteiger partial charge on any atom is -0.454 e. The molecular weight excluding hydrogens is 422 g/mol. The Kier molecular flexibility index (Phi) is 7.18. The smallest absolute Gasteiger partial charge is 0.260 e. The number of hydrogen-bond acceptors (Lipinski definition) is 6. The molecule has 0 unspecified atom stereocenters. The first-order valence-corrected chi connectivity index (χ1v) is 10.7. The minimum absolute atomic E-state index is 0. The fourth-order valence-corrected chi connectivity index (χ4v) is 4.47. The molecule has 8 heteroatoms. The third kappa shape index (κ3) is 4.53. The van der Waals surface area contributed by atoms with E-state index in [1.165, 1.54) is 5.56 Å². The Hall–Kier alpha value is -2.35. The number of nitrogens with zero attached hydrogens (tertiary/aromatic N) is 3. The molecule has 0 spiro atoms. The highest BCUT2D eigenvalue weighted by Crippen LogP contribution is 2.34. The maximum atomic E-state index is 13.5. The first-order valence-electron chi connectivity index (χ1n) is 9.90. The average molecular weight is 448 g/mol. The lowest BCUT2D eigenvalue weighted by molar-refractivity contribution is 0.0983. The van der Waals surface area contributed by atoms with Crippen molar-refractivity contribution in [3.8, 4) is 11.5 Å². The van der Waals surface area contributed by atoms with Gasteiger partial charge in [-0.05, 0) is 55.9 Å². The van der Waals surface area contributed by atoms with Gasteiger partial charge in [-0.25, -0.2) is 4.98 Å². The Bertz CT molecular complexity index is 1040. The van der Waals surface area contributed by atoms with Gasteiger partial charge in [-0.1, -0.05) is 31.3 Å². The second-order valence-corrected chi connectivity index (χ2v) is 8.03. The van der Waals surface area contributed by atoms with Gasteiger partial charge in [-0.15, -0.1) is 12.4 Å². The fourth-order valence-electron chi connectivity index (χ4n) is 3.39. The van der Waals surface area contributed by atoms with E-state index in [4.69, 9.17) is 14.5 Å². The van der Waals surface area contributed by atoms with Gasteiger partial charge in [0.1, 0.15) is 0 Å². The first kappa shape index (κ1) is 22.3. The van der Waals surface area contributed by atoms with Crippen LogP contribution in [-0.4, -0.2) is 48.8 Å². The Balaban J connectivity index is 0.00000256. The Morgan fingerprint density at radius 1 is 1.07 bits per heavy atom. The molecule has 0 fully saturated rings. The van der Waals surface area contributed by atoms with Gasteiger partial charge < -0.3 is 14.4 Å². The van der Waals surface area contributed by atoms with Crippen LogP contribution in [0, 0.1) is 6.92 Å². The number of ether oxygens (including phenoxy) is 2. The summed E-state index contributed by atoms with van der Waals surface area (Å²) >= 11 is 1.55. The number of benzene rings is 2. The van der Waals surface area contributed by atoms with Gasteiger partial charge in [0.25, 0.3) is 5.91 Å². The number of hydrogen-bond donors (Lipinski definition) is 0. The molecule has 160 valence electrons. The van der Waals surface area contributed by atoms with E-state index < -0.39 is 0 Å². The van der Waals surface area contributed by atoms with Crippen LogP contribution in [0.4, 0.5) is 5.13 Å². The Morgan fingerprint density at radius 3 is 2.60 bits per heavy atom. The highest BCUT2D eigenvalue weighted by Gasteiger charge is 2.24. The predicted octanol–water partition coefficient (Wildman–Crippen LogP) is 4.74. The summed E-state index contributed by atoms with van der Waals surface area (Å²) in [7, 11) is 0. The monoisotopic (exact) mass is 447 g/mol. The van der Waals surface area contributed by atoms with E-state index in [2.05, 4.69) is 31.7 Å². The van der Waals surface area contributed by atoms with E-state index in [1.807, 2.05) is 12.1 Å². The molecule has 2 heterocycles. The molecule has 1 aliphatic heterocycles. The number of carbonyl (C=O) groups excluding carboxylic acids is 1. The molecule has 4 rings (SSSR count). The summed E-state index contributed by atoms with van der Waals surface area (Å²) in [6.07, 6.45) is 0. The highest BCUT2D eigenvalue weighted by atomic mass is 35.5. The lowest BCUT2D eigenvalue weighted by Crippen LogP contribution is -2.38. The second-order valence-electron chi connectivity index (χ2n) is 7.02. The molecule has 3 aromatic rings. The third-order valence-corrected chi connectivity index (χ3v) is 6.20. The molecule has 0 bridgehead atoms. The normalized spacial score (nSPS) is 12.3. The molecular formula is C22H26ClN3O3S. The van der Waals surface area contributed by atoms with Crippen molar-refractivity contribution in [3.05, 3.63) is 47.5 Å². The van der Waals surface area contributed by atoms with Gasteiger partial charge in [0, 0.05) is 18.7 Å². The Labute approximate surface area is 186 Å². The lowest BCUT2D eigenvalue weighted by Gasteiger charge is -2.24. The number of fused-ring (bicyclic) bond motifs is 2. The lowest BCUT2D eigenvalue weighted by atomic mass is 10.1. The topological polar surface area (TPSA) is 54.9 Å². The number of aromatic nitrogens is 1. The van der Waals surface area contributed by atoms with Crippen LogP contribution >= 0.6 is 23.7 Å². The summed E-state index contributed by atoms with van der Waals surface area (Å²) < 4.78 is 11.9. The molecule has 2 aromatic carbocycles. The summed E-state index contributed by atoms with van der Waals surface area (Å²) in [4.78, 5) is 22.3. The zero-order valence-electron chi connectivity index (χ0n) is 17.4. The van der Waals surface area contributed by atoms with Crippen molar-refractivity contribution in [2.24, 2.45) is 0 Å². The quantitative estimate of drug-likeness (QED) is 0.523. The van der Waals surface area contributed by atoms with Crippen LogP contribution in [0.15, 0.2) is 36.4 Å². The number of aryl methyl sites for hydroxylation is 1. The van der Waals surface area contributed by atoms with Crippen LogP contribution in [0.3, 0.4) is 0 Å². The zero-order valence-corrected chi connectivity index (χ0v) is 19.0. The summed E-state index contributed by atoms with van der Waals surface area (Å²) in [5, 5.41) is 0.723. The molecule has 1 aliphatic rings. The number of anilines is 1. The van der Waals surface area contributed by atoms with E-state index >= 15 is 0 Å². The third-order valence-electron chi connectivity index (χ3n) is 5.16. The molecule has 0 aliphatic carbocycles. The molecule has 0 saturated carbocycles. The number of rotatable bonds is 7. The number of thiazole rings is 1. The van der Waals surface area contributed by atoms with Crippen LogP contribution in [0.5, 0.6) is 11.5 Å². The van der Waals surface area contributed by atoms with Crippen molar-refractivity contribution < 1.29 is 14.3 Å². The molecule has 0 N–H and O–H groups in total. The molecule has 1 aromatic heterocycles. The summed E-state index contributed by atoms with van der Waals surface area (Å²) in [6.45, 7) is 9.78. The summed E-state index contributed by atoms with van der Waals surface area (Å²) in [5.74, 6) is 1.21. The second kappa shape index (κ2) is 9.64. The molecule has 0 saturated heterocycles. The summed E-state index contributed by atoms with van der Waals surface area (Å²) in [6, 6.07) is 11.5. The van der Waals surface area contributed by atoms with Crippen molar-refractivity contribution in [2.45, 2.75) is 20.8 Å². The maximum Gasteiger partial charge on any atom is 0.260 e. The van der Waals surface area contributed by atoms with Crippen LogP contribution < -0.4 is 14.4 Å². The average Bonchev–Trinajstić information content (AvgIpc) is 3.36. The van der Waals surface area contributed by atoms with E-state index in [0.29, 0.717) is 23.6 Å². The first-order chi connectivity index (χ1) is 14.1. The van der Waals surface area contributed by atoms with Crippen LogP contribution in [0.2, 0.25) is 0 Å². The zero-order chi connectivity index (χ0) is 20.4. The van der Waals surface area contributed by atoms with Gasteiger partial charge in [0.2, 0.25) is 6.79 Å². The summed E-state index contributed by atoms with van der Waals surface area (Å²) in [5.41, 5.74) is 2.68. The molecule has 30 heavy (non-hydrogen) atoms. The van der Waals surface area contributed by atoms with Crippen LogP contribution in [-0.2, 0) is 0 Å². The van der Waals surface area contributed by atoms with Crippen molar-refractivity contribution in [1.82, 2.24) is 9.88 Å². The largest absolute Gasteiger partial charge is 0.454 e. The number of halogens is 1. The van der Waals surface area contributed by atoms with Crippen molar-refractivity contribution >= 4 is 45.0 Å². The van der Waals surface area contributed by atoms with E-state index in [9.17, 15) is 4.79 Å². The number of amides is 1. The number of carbonyl (C=O) groups is 1. The predicted molar refractivity (Wildman–Crippen MR) is 124 cm³/mol. The van der Waals surface area contributed by atoms with Gasteiger partial charge in [0.15, 0.2) is 16.6 Å². The van der Waals surface area contributed by atoms with Crippen LogP contribution in [0.1, 0.15) is 29.8 Å². The standard InChI is InChI=1S/C22H25N3O3S.ClH/c1-4-24(5-2)10-11-25(22-23-17-8-6-15(3)12-20(17)29-22)21(26)16-7-9-18-19(13-16)28-14-27-18;/h6-9,12-13H,4-5,10-11,14H2,1-3H3;1H. The van der Waals surface area contributed by atoms with Crippen molar-refractivity contribution in [2.75, 3.05) is 37.9 Å². The van der Waals surface area contributed by atoms with Crippen LogP contribution in [0.25, 0.3) is 10.2 Å². The fraction of sp³-hybridized carbons (Fsp3) is 0.364.